The third-order valence-electron chi connectivity index (χ3n) is 3.96. The Kier molecular flexibility index (Phi) is 10.2. The molecule has 0 spiro atoms. The van der Waals surface area contributed by atoms with Crippen LogP contribution in [0.1, 0.15) is 24.0 Å². The molecule has 1 saturated heterocycles. The lowest BCUT2D eigenvalue weighted by molar-refractivity contribution is 0.372. The van der Waals surface area contributed by atoms with E-state index in [-0.39, 0.29) is 24.0 Å². The Hall–Kier alpha value is -0.970. The lowest BCUT2D eigenvalue weighted by atomic mass is 9.91. The highest BCUT2D eigenvalue weighted by Crippen LogP contribution is 2.18. The first kappa shape index (κ1) is 21.1. The fourth-order valence-electron chi connectivity index (χ4n) is 2.61. The quantitative estimate of drug-likeness (QED) is 0.648. The Balaban J connectivity index is 0.000000252. The number of nitrogens with one attached hydrogen (secondary N) is 1. The molecule has 0 atom stereocenters. The van der Waals surface area contributed by atoms with Crippen LogP contribution >= 0.6 is 28.3 Å². The van der Waals surface area contributed by atoms with E-state index in [1.807, 2.05) is 12.1 Å². The van der Waals surface area contributed by atoms with Crippen molar-refractivity contribution in [2.75, 3.05) is 13.1 Å². The topological polar surface area (TPSA) is 12.0 Å². The van der Waals surface area contributed by atoms with E-state index in [9.17, 15) is 8.78 Å². The molecule has 0 bridgehead atoms. The summed E-state index contributed by atoms with van der Waals surface area (Å²) in [5.74, 6) is 0.459. The third-order valence-corrected chi connectivity index (χ3v) is 4.61. The molecule has 1 heterocycles. The van der Waals surface area contributed by atoms with Gasteiger partial charge in [-0.1, -0.05) is 40.2 Å². The molecule has 1 fully saturated rings. The van der Waals surface area contributed by atoms with Crippen molar-refractivity contribution in [1.82, 2.24) is 5.32 Å². The Morgan fingerprint density at radius 2 is 1.29 bits per heavy atom. The van der Waals surface area contributed by atoms with Crippen molar-refractivity contribution < 1.29 is 8.78 Å². The third kappa shape index (κ3) is 7.73. The van der Waals surface area contributed by atoms with Crippen molar-refractivity contribution in [2.45, 2.75) is 24.6 Å². The maximum Gasteiger partial charge on any atom is 0.123 e. The zero-order valence-electron chi connectivity index (χ0n) is 13.5. The maximum atomic E-state index is 12.7. The van der Waals surface area contributed by atoms with Gasteiger partial charge < -0.3 is 5.32 Å². The van der Waals surface area contributed by atoms with Crippen LogP contribution < -0.4 is 5.32 Å². The molecule has 0 radical (unpaired) electrons. The lowest BCUT2D eigenvalue weighted by Gasteiger charge is -2.22. The van der Waals surface area contributed by atoms with Gasteiger partial charge in [-0.2, -0.15) is 0 Å². The van der Waals surface area contributed by atoms with Crippen molar-refractivity contribution in [1.29, 1.82) is 0 Å². The highest BCUT2D eigenvalue weighted by molar-refractivity contribution is 9.08. The molecule has 2 aromatic carbocycles. The highest BCUT2D eigenvalue weighted by Gasteiger charge is 2.13. The first-order valence-electron chi connectivity index (χ1n) is 7.93. The molecule has 1 nitrogen and oxygen atoms in total. The number of halogens is 4. The summed E-state index contributed by atoms with van der Waals surface area (Å²) in [7, 11) is 0. The van der Waals surface area contributed by atoms with E-state index >= 15 is 0 Å². The fraction of sp³-hybridized carbons (Fsp3) is 0.368. The average Bonchev–Trinajstić information content (AvgIpc) is 2.59. The van der Waals surface area contributed by atoms with E-state index in [1.54, 1.807) is 24.3 Å². The monoisotopic (exact) mass is 417 g/mol. The molecule has 2 aromatic rings. The van der Waals surface area contributed by atoms with Crippen LogP contribution in [0.5, 0.6) is 0 Å². The van der Waals surface area contributed by atoms with Crippen LogP contribution in [0, 0.1) is 17.6 Å². The van der Waals surface area contributed by atoms with Crippen molar-refractivity contribution in [2.24, 2.45) is 5.92 Å². The average molecular weight is 419 g/mol. The molecular weight excluding hydrogens is 396 g/mol. The van der Waals surface area contributed by atoms with E-state index in [0.29, 0.717) is 0 Å². The molecule has 5 heteroatoms. The molecule has 3 rings (SSSR count). The summed E-state index contributed by atoms with van der Waals surface area (Å²) in [5.41, 5.74) is 2.36. The van der Waals surface area contributed by atoms with E-state index in [2.05, 4.69) is 21.2 Å². The number of piperidine rings is 1. The van der Waals surface area contributed by atoms with E-state index in [4.69, 9.17) is 0 Å². The summed E-state index contributed by atoms with van der Waals surface area (Å²) in [5, 5.41) is 4.13. The SMILES string of the molecule is Cl.Fc1ccc(CBr)cc1.Fc1ccc(CC2CCNCC2)cc1. The van der Waals surface area contributed by atoms with Crippen molar-refractivity contribution in [3.8, 4) is 0 Å². The molecule has 0 amide bonds. The molecular formula is C19H23BrClF2N. The number of alkyl halides is 1. The summed E-state index contributed by atoms with van der Waals surface area (Å²) in [4.78, 5) is 0. The number of hydrogen-bond acceptors (Lipinski definition) is 1. The van der Waals surface area contributed by atoms with Crippen molar-refractivity contribution >= 4 is 28.3 Å². The van der Waals surface area contributed by atoms with Gasteiger partial charge in [0.1, 0.15) is 11.6 Å². The summed E-state index contributed by atoms with van der Waals surface area (Å²) in [6.45, 7) is 2.26. The Labute approximate surface area is 157 Å². The first-order valence-corrected chi connectivity index (χ1v) is 9.05. The van der Waals surface area contributed by atoms with Gasteiger partial charge in [0.2, 0.25) is 0 Å². The molecule has 1 aliphatic rings. The molecule has 0 unspecified atom stereocenters. The van der Waals surface area contributed by atoms with Gasteiger partial charge in [-0.15, -0.1) is 12.4 Å². The summed E-state index contributed by atoms with van der Waals surface area (Å²) in [6, 6.07) is 13.3. The smallest absolute Gasteiger partial charge is 0.123 e. The van der Waals surface area contributed by atoms with Gasteiger partial charge in [0.15, 0.2) is 0 Å². The van der Waals surface area contributed by atoms with E-state index in [0.717, 1.165) is 36.3 Å². The van der Waals surface area contributed by atoms with Gasteiger partial charge in [-0.3, -0.25) is 0 Å². The van der Waals surface area contributed by atoms with Gasteiger partial charge >= 0.3 is 0 Å². The highest BCUT2D eigenvalue weighted by atomic mass is 79.9. The molecule has 1 N–H and O–H groups in total. The molecule has 132 valence electrons. The summed E-state index contributed by atoms with van der Waals surface area (Å²) in [6.07, 6.45) is 3.59. The van der Waals surface area contributed by atoms with E-state index in [1.165, 1.54) is 30.5 Å². The van der Waals surface area contributed by atoms with Crippen LogP contribution in [0.4, 0.5) is 8.78 Å². The lowest BCUT2D eigenvalue weighted by Crippen LogP contribution is -2.28. The predicted octanol–water partition coefficient (Wildman–Crippen LogP) is 5.51. The zero-order chi connectivity index (χ0) is 16.5. The molecule has 0 saturated carbocycles. The second kappa shape index (κ2) is 11.6. The van der Waals surface area contributed by atoms with Crippen LogP contribution in [0.2, 0.25) is 0 Å². The van der Waals surface area contributed by atoms with Crippen LogP contribution in [0.15, 0.2) is 48.5 Å². The number of rotatable bonds is 3. The van der Waals surface area contributed by atoms with Gasteiger partial charge in [-0.25, -0.2) is 8.78 Å². The molecule has 24 heavy (non-hydrogen) atoms. The maximum absolute atomic E-state index is 12.7. The Morgan fingerprint density at radius 1 is 0.833 bits per heavy atom. The number of hydrogen-bond donors (Lipinski definition) is 1. The second-order valence-electron chi connectivity index (χ2n) is 5.78. The minimum atomic E-state index is -0.181. The van der Waals surface area contributed by atoms with Crippen LogP contribution in [-0.4, -0.2) is 13.1 Å². The molecule has 0 aromatic heterocycles. The van der Waals surface area contributed by atoms with Crippen molar-refractivity contribution in [3.63, 3.8) is 0 Å². The minimum Gasteiger partial charge on any atom is -0.317 e. The summed E-state index contributed by atoms with van der Waals surface area (Å²) >= 11 is 3.26. The Bertz CT molecular complexity index is 569. The number of benzene rings is 2. The van der Waals surface area contributed by atoms with Gasteiger partial charge in [0.05, 0.1) is 0 Å². The zero-order valence-corrected chi connectivity index (χ0v) is 15.9. The predicted molar refractivity (Wildman–Crippen MR) is 102 cm³/mol. The normalized spacial score (nSPS) is 14.3. The van der Waals surface area contributed by atoms with E-state index < -0.39 is 0 Å². The van der Waals surface area contributed by atoms with Crippen molar-refractivity contribution in [3.05, 3.63) is 71.3 Å². The van der Waals surface area contributed by atoms with Gasteiger partial charge in [-0.05, 0) is 73.7 Å². The fourth-order valence-corrected chi connectivity index (χ4v) is 2.99. The van der Waals surface area contributed by atoms with Gasteiger partial charge in [0.25, 0.3) is 0 Å². The first-order chi connectivity index (χ1) is 11.2. The van der Waals surface area contributed by atoms with Crippen LogP contribution in [0.25, 0.3) is 0 Å². The standard InChI is InChI=1S/C12H16FN.C7H6BrF.ClH/c13-12-3-1-10(2-4-12)9-11-5-7-14-8-6-11;8-5-6-1-3-7(9)4-2-6;/h1-4,11,14H,5-9H2;1-4H,5H2;1H. The minimum absolute atomic E-state index is 0. The van der Waals surface area contributed by atoms with Gasteiger partial charge in [0, 0.05) is 5.33 Å². The van der Waals surface area contributed by atoms with Crippen LogP contribution in [-0.2, 0) is 11.8 Å². The second-order valence-corrected chi connectivity index (χ2v) is 6.34. The van der Waals surface area contributed by atoms with Crippen LogP contribution in [0.3, 0.4) is 0 Å². The Morgan fingerprint density at radius 3 is 1.75 bits per heavy atom. The molecule has 1 aliphatic heterocycles. The summed E-state index contributed by atoms with van der Waals surface area (Å²) < 4.78 is 24.9. The molecule has 0 aliphatic carbocycles. The largest absolute Gasteiger partial charge is 0.317 e.